The van der Waals surface area contributed by atoms with E-state index in [1.165, 1.54) is 6.20 Å². The molecule has 0 spiro atoms. The van der Waals surface area contributed by atoms with E-state index in [2.05, 4.69) is 10.4 Å². The van der Waals surface area contributed by atoms with Crippen molar-refractivity contribution in [2.45, 2.75) is 31.5 Å². The molecule has 3 N–H and O–H groups in total. The number of carbonyl (C=O) groups excluding carboxylic acids is 1. The van der Waals surface area contributed by atoms with E-state index < -0.39 is 12.1 Å². The summed E-state index contributed by atoms with van der Waals surface area (Å²) in [7, 11) is 0. The zero-order valence-corrected chi connectivity index (χ0v) is 10.3. The van der Waals surface area contributed by atoms with Crippen LogP contribution in [-0.4, -0.2) is 27.7 Å². The summed E-state index contributed by atoms with van der Waals surface area (Å²) in [5.74, 6) is -0.563. The number of hydrogen-bond acceptors (Lipinski definition) is 3. The Kier molecular flexibility index (Phi) is 2.85. The fourth-order valence-corrected chi connectivity index (χ4v) is 2.59. The first-order valence-electron chi connectivity index (χ1n) is 6.33. The Hall–Kier alpha value is -2.11. The van der Waals surface area contributed by atoms with Gasteiger partial charge in [0.25, 0.3) is 5.91 Å². The Morgan fingerprint density at radius 3 is 3.05 bits per heavy atom. The van der Waals surface area contributed by atoms with Crippen LogP contribution < -0.4 is 11.1 Å². The van der Waals surface area contributed by atoms with E-state index in [1.807, 2.05) is 12.1 Å². The Morgan fingerprint density at radius 2 is 2.37 bits per heavy atom. The van der Waals surface area contributed by atoms with Gasteiger partial charge in [-0.15, -0.1) is 0 Å². The third kappa shape index (κ3) is 2.03. The van der Waals surface area contributed by atoms with Gasteiger partial charge in [0.15, 0.2) is 0 Å². The number of nitrogens with one attached hydrogen (secondary N) is 1. The highest BCUT2D eigenvalue weighted by molar-refractivity contribution is 6.01. The summed E-state index contributed by atoms with van der Waals surface area (Å²) in [6.45, 7) is 0. The van der Waals surface area contributed by atoms with Crippen molar-refractivity contribution in [3.05, 3.63) is 30.1 Å². The number of nitrogens with zero attached hydrogens (tertiary/aromatic N) is 2. The number of nitrogens with two attached hydrogens (primary N) is 1. The number of alkyl halides is 1. The predicted molar refractivity (Wildman–Crippen MR) is 69.9 cm³/mol. The van der Waals surface area contributed by atoms with Crippen molar-refractivity contribution < 1.29 is 9.18 Å². The average Bonchev–Trinajstić information content (AvgIpc) is 2.99. The van der Waals surface area contributed by atoms with E-state index in [1.54, 1.807) is 10.7 Å². The summed E-state index contributed by atoms with van der Waals surface area (Å²) < 4.78 is 15.4. The molecule has 6 heteroatoms. The standard InChI is InChI=1S/C13H15FN4O/c14-9-3-1-4-10(9)17-12-8(13(15)19)7-16-18-6-2-5-11(12)18/h2,5-7,9-10,17H,1,3-4H2,(H2,15,19). The van der Waals surface area contributed by atoms with E-state index in [0.717, 1.165) is 18.4 Å². The van der Waals surface area contributed by atoms with Crippen LogP contribution >= 0.6 is 0 Å². The van der Waals surface area contributed by atoms with Crippen LogP contribution in [0.25, 0.3) is 5.52 Å². The van der Waals surface area contributed by atoms with Gasteiger partial charge in [-0.05, 0) is 31.4 Å². The van der Waals surface area contributed by atoms with Crippen LogP contribution in [0.5, 0.6) is 0 Å². The fourth-order valence-electron chi connectivity index (χ4n) is 2.59. The van der Waals surface area contributed by atoms with E-state index >= 15 is 0 Å². The Bertz CT molecular complexity index is 624. The van der Waals surface area contributed by atoms with Gasteiger partial charge in [-0.25, -0.2) is 8.91 Å². The molecule has 2 atom stereocenters. The molecule has 1 aliphatic carbocycles. The summed E-state index contributed by atoms with van der Waals surface area (Å²) in [5, 5.41) is 7.23. The predicted octanol–water partition coefficient (Wildman–Crippen LogP) is 1.74. The summed E-state index contributed by atoms with van der Waals surface area (Å²) in [4.78, 5) is 11.5. The maximum absolute atomic E-state index is 13.7. The minimum Gasteiger partial charge on any atom is -0.377 e. The van der Waals surface area contributed by atoms with Gasteiger partial charge in [-0.3, -0.25) is 4.79 Å². The number of carbonyl (C=O) groups is 1. The molecule has 1 amide bonds. The van der Waals surface area contributed by atoms with E-state index in [4.69, 9.17) is 5.73 Å². The zero-order valence-electron chi connectivity index (χ0n) is 10.3. The maximum atomic E-state index is 13.7. The molecular formula is C13H15FN4O. The fraction of sp³-hybridized carbons (Fsp3) is 0.385. The monoisotopic (exact) mass is 262 g/mol. The van der Waals surface area contributed by atoms with Crippen molar-refractivity contribution in [3.8, 4) is 0 Å². The first-order valence-corrected chi connectivity index (χ1v) is 6.33. The van der Waals surface area contributed by atoms with Crippen molar-refractivity contribution in [1.29, 1.82) is 0 Å². The summed E-state index contributed by atoms with van der Waals surface area (Å²) >= 11 is 0. The smallest absolute Gasteiger partial charge is 0.252 e. The van der Waals surface area contributed by atoms with Crippen LogP contribution in [0.4, 0.5) is 10.1 Å². The molecule has 3 rings (SSSR count). The topological polar surface area (TPSA) is 72.4 Å². The molecule has 0 radical (unpaired) electrons. The van der Waals surface area contributed by atoms with E-state index in [-0.39, 0.29) is 6.04 Å². The molecule has 5 nitrogen and oxygen atoms in total. The van der Waals surface area contributed by atoms with Gasteiger partial charge in [0, 0.05) is 6.20 Å². The number of aromatic nitrogens is 2. The number of anilines is 1. The van der Waals surface area contributed by atoms with Gasteiger partial charge in [0.1, 0.15) is 6.17 Å². The lowest BCUT2D eigenvalue weighted by Gasteiger charge is -2.19. The van der Waals surface area contributed by atoms with Crippen molar-refractivity contribution in [1.82, 2.24) is 9.61 Å². The van der Waals surface area contributed by atoms with Gasteiger partial charge in [-0.1, -0.05) is 0 Å². The second-order valence-corrected chi connectivity index (χ2v) is 4.83. The minimum absolute atomic E-state index is 0.265. The Morgan fingerprint density at radius 1 is 1.53 bits per heavy atom. The molecule has 0 aliphatic heterocycles. The van der Waals surface area contributed by atoms with Crippen molar-refractivity contribution in [2.24, 2.45) is 5.73 Å². The summed E-state index contributed by atoms with van der Waals surface area (Å²) in [6, 6.07) is 3.38. The zero-order chi connectivity index (χ0) is 13.4. The van der Waals surface area contributed by atoms with Gasteiger partial charge >= 0.3 is 0 Å². The van der Waals surface area contributed by atoms with Crippen LogP contribution in [0.2, 0.25) is 0 Å². The number of fused-ring (bicyclic) bond motifs is 1. The van der Waals surface area contributed by atoms with Crippen LogP contribution in [0.15, 0.2) is 24.5 Å². The second-order valence-electron chi connectivity index (χ2n) is 4.83. The number of rotatable bonds is 3. The average molecular weight is 262 g/mol. The van der Waals surface area contributed by atoms with Gasteiger partial charge < -0.3 is 11.1 Å². The number of halogens is 1. The summed E-state index contributed by atoms with van der Waals surface area (Å²) in [6.07, 6.45) is 4.48. The number of primary amides is 1. The van der Waals surface area contributed by atoms with E-state index in [9.17, 15) is 9.18 Å². The molecule has 1 saturated carbocycles. The van der Waals surface area contributed by atoms with E-state index in [0.29, 0.717) is 17.7 Å². The van der Waals surface area contributed by atoms with Crippen LogP contribution in [0, 0.1) is 0 Å². The van der Waals surface area contributed by atoms with Crippen LogP contribution in [0.1, 0.15) is 29.6 Å². The second kappa shape index (κ2) is 4.53. The van der Waals surface area contributed by atoms with Crippen molar-refractivity contribution in [2.75, 3.05) is 5.32 Å². The van der Waals surface area contributed by atoms with Crippen LogP contribution in [0.3, 0.4) is 0 Å². The minimum atomic E-state index is -0.885. The van der Waals surface area contributed by atoms with Gasteiger partial charge in [0.05, 0.1) is 29.0 Å². The largest absolute Gasteiger partial charge is 0.377 e. The molecule has 0 bridgehead atoms. The van der Waals surface area contributed by atoms with Gasteiger partial charge in [-0.2, -0.15) is 5.10 Å². The lowest BCUT2D eigenvalue weighted by molar-refractivity contribution is 0.100. The number of amides is 1. The quantitative estimate of drug-likeness (QED) is 0.884. The molecule has 2 heterocycles. The number of hydrogen-bond donors (Lipinski definition) is 2. The highest BCUT2D eigenvalue weighted by atomic mass is 19.1. The Balaban J connectivity index is 2.05. The molecule has 1 aliphatic rings. The molecule has 2 aromatic rings. The molecule has 0 saturated heterocycles. The highest BCUT2D eigenvalue weighted by Crippen LogP contribution is 2.29. The van der Waals surface area contributed by atoms with Crippen molar-refractivity contribution >= 4 is 17.1 Å². The Labute approximate surface area is 109 Å². The highest BCUT2D eigenvalue weighted by Gasteiger charge is 2.28. The molecular weight excluding hydrogens is 247 g/mol. The first-order chi connectivity index (χ1) is 9.16. The molecule has 100 valence electrons. The van der Waals surface area contributed by atoms with Gasteiger partial charge in [0.2, 0.25) is 0 Å². The van der Waals surface area contributed by atoms with Crippen LogP contribution in [-0.2, 0) is 0 Å². The van der Waals surface area contributed by atoms with Crippen molar-refractivity contribution in [3.63, 3.8) is 0 Å². The molecule has 2 unspecified atom stereocenters. The molecule has 1 fully saturated rings. The molecule has 19 heavy (non-hydrogen) atoms. The first kappa shape index (κ1) is 12.0. The third-order valence-corrected chi connectivity index (χ3v) is 3.59. The lowest BCUT2D eigenvalue weighted by Crippen LogP contribution is -2.27. The lowest BCUT2D eigenvalue weighted by atomic mass is 10.1. The SMILES string of the molecule is NC(=O)c1cnn2cccc2c1NC1CCCC1F. The molecule has 2 aromatic heterocycles. The third-order valence-electron chi connectivity index (χ3n) is 3.59. The summed E-state index contributed by atoms with van der Waals surface area (Å²) in [5.41, 5.74) is 6.96. The maximum Gasteiger partial charge on any atom is 0.252 e. The normalized spacial score (nSPS) is 22.8. The molecule has 0 aromatic carbocycles.